The van der Waals surface area contributed by atoms with Gasteiger partial charge in [0.2, 0.25) is 0 Å². The summed E-state index contributed by atoms with van der Waals surface area (Å²) in [5.74, 6) is 2.09. The molecule has 18 heavy (non-hydrogen) atoms. The van der Waals surface area contributed by atoms with Crippen LogP contribution in [0.2, 0.25) is 0 Å². The third-order valence-electron chi connectivity index (χ3n) is 3.99. The van der Waals surface area contributed by atoms with E-state index in [0.717, 1.165) is 42.0 Å². The number of hydrogen-bond acceptors (Lipinski definition) is 3. The molecular weight excluding hydrogens is 294 g/mol. The zero-order valence-corrected chi connectivity index (χ0v) is 12.6. The van der Waals surface area contributed by atoms with Crippen molar-refractivity contribution >= 4 is 15.9 Å². The van der Waals surface area contributed by atoms with E-state index in [1.165, 1.54) is 16.7 Å². The van der Waals surface area contributed by atoms with Crippen LogP contribution in [0.5, 0.6) is 11.5 Å². The van der Waals surface area contributed by atoms with Gasteiger partial charge in [-0.2, -0.15) is 0 Å². The highest BCUT2D eigenvalue weighted by Crippen LogP contribution is 2.50. The zero-order chi connectivity index (χ0) is 12.9. The summed E-state index contributed by atoms with van der Waals surface area (Å²) in [5.41, 5.74) is 3.72. The van der Waals surface area contributed by atoms with Crippen LogP contribution in [0.1, 0.15) is 30.5 Å². The van der Waals surface area contributed by atoms with E-state index in [1.54, 1.807) is 0 Å². The van der Waals surface area contributed by atoms with Gasteiger partial charge in [0, 0.05) is 35.1 Å². The lowest BCUT2D eigenvalue weighted by Gasteiger charge is -2.29. The molecule has 0 atom stereocenters. The van der Waals surface area contributed by atoms with Gasteiger partial charge in [0.15, 0.2) is 0 Å². The molecule has 1 aromatic carbocycles. The van der Waals surface area contributed by atoms with Gasteiger partial charge in [-0.25, -0.2) is 0 Å². The van der Waals surface area contributed by atoms with E-state index >= 15 is 0 Å². The quantitative estimate of drug-likeness (QED) is 0.911. The second-order valence-corrected chi connectivity index (χ2v) is 6.17. The van der Waals surface area contributed by atoms with Crippen molar-refractivity contribution in [3.63, 3.8) is 0 Å². The van der Waals surface area contributed by atoms with Crippen LogP contribution in [0.15, 0.2) is 4.47 Å². The molecule has 2 aliphatic rings. The summed E-state index contributed by atoms with van der Waals surface area (Å²) in [7, 11) is 1.99. The number of benzene rings is 1. The summed E-state index contributed by atoms with van der Waals surface area (Å²) < 4.78 is 12.8. The van der Waals surface area contributed by atoms with E-state index in [1.807, 2.05) is 7.05 Å². The van der Waals surface area contributed by atoms with Crippen LogP contribution in [0.25, 0.3) is 0 Å². The Morgan fingerprint density at radius 3 is 2.33 bits per heavy atom. The Morgan fingerprint density at radius 1 is 1.06 bits per heavy atom. The standard InChI is InChI=1S/C14H18BrNO2/c1-14(2,16-3)10-8-4-6-18-13(8)11(15)9-5-7-17-12(9)10/h16H,4-7H2,1-3H3. The van der Waals surface area contributed by atoms with Gasteiger partial charge in [-0.1, -0.05) is 0 Å². The van der Waals surface area contributed by atoms with Crippen molar-refractivity contribution < 1.29 is 9.47 Å². The van der Waals surface area contributed by atoms with Crippen LogP contribution in [0.4, 0.5) is 0 Å². The molecule has 0 spiro atoms. The molecule has 1 aromatic rings. The predicted octanol–water partition coefficient (Wildman–Crippen LogP) is 2.77. The summed E-state index contributed by atoms with van der Waals surface area (Å²) in [5, 5.41) is 3.39. The minimum atomic E-state index is -0.104. The Kier molecular flexibility index (Phi) is 2.83. The molecule has 0 radical (unpaired) electrons. The van der Waals surface area contributed by atoms with Crippen molar-refractivity contribution in [2.75, 3.05) is 20.3 Å². The Labute approximate surface area is 116 Å². The van der Waals surface area contributed by atoms with E-state index in [0.29, 0.717) is 0 Å². The molecule has 0 bridgehead atoms. The Morgan fingerprint density at radius 2 is 1.67 bits per heavy atom. The van der Waals surface area contributed by atoms with Crippen LogP contribution >= 0.6 is 15.9 Å². The number of fused-ring (bicyclic) bond motifs is 2. The first-order valence-corrected chi connectivity index (χ1v) is 7.17. The van der Waals surface area contributed by atoms with Crippen molar-refractivity contribution in [3.8, 4) is 11.5 Å². The van der Waals surface area contributed by atoms with Gasteiger partial charge in [-0.3, -0.25) is 0 Å². The van der Waals surface area contributed by atoms with Crippen molar-refractivity contribution in [2.24, 2.45) is 0 Å². The number of hydrogen-bond donors (Lipinski definition) is 1. The van der Waals surface area contributed by atoms with Crippen LogP contribution in [-0.4, -0.2) is 20.3 Å². The monoisotopic (exact) mass is 311 g/mol. The second-order valence-electron chi connectivity index (χ2n) is 5.38. The lowest BCUT2D eigenvalue weighted by Crippen LogP contribution is -2.34. The SMILES string of the molecule is CNC(C)(C)c1c2c(c(Br)c3c1OCC3)OCC2. The molecule has 2 aliphatic heterocycles. The van der Waals surface area contributed by atoms with Crippen molar-refractivity contribution in [3.05, 3.63) is 21.2 Å². The number of rotatable bonds is 2. The maximum atomic E-state index is 5.90. The number of halogens is 1. The number of ether oxygens (including phenoxy) is 2. The molecule has 0 aliphatic carbocycles. The van der Waals surface area contributed by atoms with Crippen molar-refractivity contribution in [2.45, 2.75) is 32.2 Å². The van der Waals surface area contributed by atoms with Crippen molar-refractivity contribution in [1.29, 1.82) is 0 Å². The molecule has 98 valence electrons. The summed E-state index contributed by atoms with van der Waals surface area (Å²) in [6.07, 6.45) is 1.92. The average molecular weight is 312 g/mol. The summed E-state index contributed by atoms with van der Waals surface area (Å²) in [6, 6.07) is 0. The first-order valence-electron chi connectivity index (χ1n) is 6.38. The smallest absolute Gasteiger partial charge is 0.137 e. The fourth-order valence-electron chi connectivity index (χ4n) is 2.84. The van der Waals surface area contributed by atoms with Gasteiger partial charge in [0.25, 0.3) is 0 Å². The minimum Gasteiger partial charge on any atom is -0.493 e. The van der Waals surface area contributed by atoms with Gasteiger partial charge in [-0.15, -0.1) is 0 Å². The molecule has 4 heteroatoms. The first-order chi connectivity index (χ1) is 8.56. The summed E-state index contributed by atoms with van der Waals surface area (Å²) in [6.45, 7) is 5.92. The van der Waals surface area contributed by atoms with Crippen LogP contribution in [-0.2, 0) is 18.4 Å². The molecule has 0 aromatic heterocycles. The molecular formula is C14H18BrNO2. The van der Waals surface area contributed by atoms with Gasteiger partial charge in [0.05, 0.1) is 17.7 Å². The highest BCUT2D eigenvalue weighted by atomic mass is 79.9. The van der Waals surface area contributed by atoms with E-state index < -0.39 is 0 Å². The molecule has 3 rings (SSSR count). The van der Waals surface area contributed by atoms with Gasteiger partial charge < -0.3 is 14.8 Å². The summed E-state index contributed by atoms with van der Waals surface area (Å²) in [4.78, 5) is 0. The molecule has 0 fully saturated rings. The molecule has 3 nitrogen and oxygen atoms in total. The Balaban J connectivity index is 2.31. The van der Waals surface area contributed by atoms with Crippen LogP contribution in [0.3, 0.4) is 0 Å². The van der Waals surface area contributed by atoms with Crippen LogP contribution < -0.4 is 14.8 Å². The van der Waals surface area contributed by atoms with E-state index in [9.17, 15) is 0 Å². The summed E-state index contributed by atoms with van der Waals surface area (Å²) >= 11 is 3.68. The molecule has 0 unspecified atom stereocenters. The van der Waals surface area contributed by atoms with E-state index in [-0.39, 0.29) is 5.54 Å². The molecule has 0 saturated carbocycles. The zero-order valence-electron chi connectivity index (χ0n) is 11.0. The molecule has 0 saturated heterocycles. The van der Waals surface area contributed by atoms with Gasteiger partial charge >= 0.3 is 0 Å². The first kappa shape index (κ1) is 12.3. The van der Waals surface area contributed by atoms with Gasteiger partial charge in [-0.05, 0) is 36.8 Å². The highest BCUT2D eigenvalue weighted by Gasteiger charge is 2.36. The lowest BCUT2D eigenvalue weighted by molar-refractivity contribution is 0.336. The normalized spacial score (nSPS) is 17.1. The predicted molar refractivity (Wildman–Crippen MR) is 74.6 cm³/mol. The Bertz CT molecular complexity index is 476. The third-order valence-corrected chi connectivity index (χ3v) is 4.83. The van der Waals surface area contributed by atoms with Crippen LogP contribution in [0, 0.1) is 0 Å². The third kappa shape index (κ3) is 1.58. The lowest BCUT2D eigenvalue weighted by atomic mass is 9.86. The van der Waals surface area contributed by atoms with Gasteiger partial charge in [0.1, 0.15) is 11.5 Å². The maximum Gasteiger partial charge on any atom is 0.137 e. The molecule has 2 heterocycles. The van der Waals surface area contributed by atoms with E-state index in [2.05, 4.69) is 35.1 Å². The molecule has 0 amide bonds. The molecule has 1 N–H and O–H groups in total. The topological polar surface area (TPSA) is 30.5 Å². The second kappa shape index (κ2) is 4.14. The minimum absolute atomic E-state index is 0.104. The Hall–Kier alpha value is -0.740. The highest BCUT2D eigenvalue weighted by molar-refractivity contribution is 9.10. The van der Waals surface area contributed by atoms with E-state index in [4.69, 9.17) is 9.47 Å². The maximum absolute atomic E-state index is 5.90. The largest absolute Gasteiger partial charge is 0.493 e. The number of nitrogens with one attached hydrogen (secondary N) is 1. The average Bonchev–Trinajstić information content (AvgIpc) is 2.97. The van der Waals surface area contributed by atoms with Crippen molar-refractivity contribution in [1.82, 2.24) is 5.32 Å². The fourth-order valence-corrected chi connectivity index (χ4v) is 3.57. The fraction of sp³-hybridized carbons (Fsp3) is 0.571.